The Morgan fingerprint density at radius 2 is 1.33 bits per heavy atom. The molecule has 3 aromatic rings. The highest BCUT2D eigenvalue weighted by molar-refractivity contribution is 7.33. The van der Waals surface area contributed by atoms with E-state index in [4.69, 9.17) is 15.8 Å². The molecule has 0 aromatic heterocycles. The summed E-state index contributed by atoms with van der Waals surface area (Å²) in [6.07, 6.45) is 0. The lowest BCUT2D eigenvalue weighted by Gasteiger charge is -2.21. The van der Waals surface area contributed by atoms with Crippen molar-refractivity contribution in [2.75, 3.05) is 0 Å². The van der Waals surface area contributed by atoms with Crippen LogP contribution in [0.15, 0.2) is 78.9 Å². The van der Waals surface area contributed by atoms with E-state index in [0.29, 0.717) is 6.61 Å². The van der Waals surface area contributed by atoms with Crippen LogP contribution in [0.1, 0.15) is 11.1 Å². The lowest BCUT2D eigenvalue weighted by atomic mass is 10.2. The molecule has 0 saturated heterocycles. The second-order valence-corrected chi connectivity index (χ2v) is 11.6. The fraction of sp³-hybridized carbons (Fsp3) is 0.143. The molecule has 3 heteroatoms. The fourth-order valence-corrected chi connectivity index (χ4v) is 5.31. The highest BCUT2D eigenvalue weighted by Gasteiger charge is 2.29. The Kier molecular flexibility index (Phi) is 5.08. The average Bonchev–Trinajstić information content (AvgIpc) is 2.61. The van der Waals surface area contributed by atoms with Crippen LogP contribution in [0.5, 0.6) is 5.75 Å². The Morgan fingerprint density at radius 3 is 1.92 bits per heavy atom. The molecule has 0 fully saturated rings. The molecule has 0 bridgehead atoms. The Balaban J connectivity index is 1.72. The lowest BCUT2D eigenvalue weighted by Crippen LogP contribution is -2.50. The predicted octanol–water partition coefficient (Wildman–Crippen LogP) is 4.50. The van der Waals surface area contributed by atoms with Gasteiger partial charge in [-0.3, -0.25) is 0 Å². The van der Waals surface area contributed by atoms with E-state index in [2.05, 4.69) is 62.0 Å². The maximum absolute atomic E-state index is 6.96. The van der Waals surface area contributed by atoms with Gasteiger partial charge in [-0.2, -0.15) is 11.1 Å². The molecule has 0 aliphatic heterocycles. The molecule has 0 heterocycles. The van der Waals surface area contributed by atoms with Crippen molar-refractivity contribution in [1.82, 2.24) is 0 Å². The van der Waals surface area contributed by atoms with Gasteiger partial charge < -0.3 is 4.74 Å². The molecule has 0 saturated carbocycles. The largest absolute Gasteiger partial charge is 0.489 e. The average molecular weight is 353 g/mol. The van der Waals surface area contributed by atoms with E-state index in [1.54, 1.807) is 0 Å². The smallest absolute Gasteiger partial charge is 0.214 e. The van der Waals surface area contributed by atoms with Gasteiger partial charge >= 0.3 is 0 Å². The molecule has 0 radical (unpaired) electrons. The number of hydrogen-bond acceptors (Lipinski definition) is 1. The third-order valence-electron chi connectivity index (χ3n) is 4.24. The summed E-state index contributed by atoms with van der Waals surface area (Å²) in [5.41, 5.74) is 2.42. The van der Waals surface area contributed by atoms with E-state index in [1.807, 2.05) is 30.3 Å². The van der Waals surface area contributed by atoms with Gasteiger partial charge in [0.05, 0.1) is 0 Å². The van der Waals surface area contributed by atoms with Crippen LogP contribution in [0, 0.1) is 6.92 Å². The van der Waals surface area contributed by atoms with E-state index >= 15 is 0 Å². The zero-order chi connectivity index (χ0) is 17.0. The van der Waals surface area contributed by atoms with Gasteiger partial charge in [-0.25, -0.2) is 0 Å². The van der Waals surface area contributed by atoms with Gasteiger partial charge in [0.2, 0.25) is 7.38 Å². The topological polar surface area (TPSA) is 9.23 Å². The minimum Gasteiger partial charge on any atom is -0.489 e. The minimum absolute atomic E-state index is 0.577. The third kappa shape index (κ3) is 3.89. The van der Waals surface area contributed by atoms with Crippen molar-refractivity contribution >= 4 is 28.8 Å². The lowest BCUT2D eigenvalue weighted by molar-refractivity contribution is 0.306. The van der Waals surface area contributed by atoms with Crippen LogP contribution in [0.3, 0.4) is 0 Å². The summed E-state index contributed by atoms with van der Waals surface area (Å²) in [7, 11) is -2.17. The molecule has 0 aliphatic carbocycles. The molecular weight excluding hydrogens is 332 g/mol. The quantitative estimate of drug-likeness (QED) is 0.485. The molecule has 0 N–H and O–H groups in total. The number of benzene rings is 3. The van der Waals surface area contributed by atoms with Crippen LogP contribution in [0.25, 0.3) is 0 Å². The van der Waals surface area contributed by atoms with Crippen LogP contribution in [-0.4, -0.2) is 7.38 Å². The highest BCUT2D eigenvalue weighted by atomic mass is 35.6. The van der Waals surface area contributed by atoms with Crippen molar-refractivity contribution in [2.24, 2.45) is 0 Å². The van der Waals surface area contributed by atoms with Crippen molar-refractivity contribution in [3.8, 4) is 5.75 Å². The van der Waals surface area contributed by atoms with E-state index in [0.717, 1.165) is 11.3 Å². The minimum atomic E-state index is -2.17. The molecule has 3 rings (SSSR count). The number of ether oxygens (including phenoxy) is 1. The summed E-state index contributed by atoms with van der Waals surface area (Å²) in [6.45, 7) is 4.84. The first kappa shape index (κ1) is 16.8. The van der Waals surface area contributed by atoms with Crippen molar-refractivity contribution in [2.45, 2.75) is 20.1 Å². The van der Waals surface area contributed by atoms with Crippen molar-refractivity contribution in [1.29, 1.82) is 0 Å². The number of halogens is 1. The van der Waals surface area contributed by atoms with Crippen LogP contribution in [-0.2, 0) is 6.61 Å². The molecular formula is C21H21ClOSi. The second-order valence-electron chi connectivity index (χ2n) is 6.17. The van der Waals surface area contributed by atoms with Gasteiger partial charge in [0.15, 0.2) is 0 Å². The van der Waals surface area contributed by atoms with Gasteiger partial charge in [0.1, 0.15) is 12.4 Å². The Labute approximate surface area is 149 Å². The highest BCUT2D eigenvalue weighted by Crippen LogP contribution is 2.15. The summed E-state index contributed by atoms with van der Waals surface area (Å²) in [6, 6.07) is 26.9. The van der Waals surface area contributed by atoms with Gasteiger partial charge in [-0.05, 0) is 41.5 Å². The van der Waals surface area contributed by atoms with E-state index in [9.17, 15) is 0 Å². The third-order valence-corrected chi connectivity index (χ3v) is 8.38. The summed E-state index contributed by atoms with van der Waals surface area (Å²) < 4.78 is 5.85. The summed E-state index contributed by atoms with van der Waals surface area (Å²) in [5, 5.41) is 2.42. The van der Waals surface area contributed by atoms with Gasteiger partial charge in [0, 0.05) is 0 Å². The number of aryl methyl sites for hydroxylation is 1. The molecule has 122 valence electrons. The molecule has 1 nitrogen and oxygen atoms in total. The Hall–Kier alpha value is -2.03. The van der Waals surface area contributed by atoms with Gasteiger partial charge in [0.25, 0.3) is 0 Å². The van der Waals surface area contributed by atoms with E-state index < -0.39 is 7.38 Å². The second kappa shape index (κ2) is 7.25. The fourth-order valence-electron chi connectivity index (χ4n) is 2.64. The maximum Gasteiger partial charge on any atom is 0.214 e. The predicted molar refractivity (Wildman–Crippen MR) is 105 cm³/mol. The Morgan fingerprint density at radius 1 is 0.792 bits per heavy atom. The summed E-state index contributed by atoms with van der Waals surface area (Å²) in [5.74, 6) is 0.868. The van der Waals surface area contributed by atoms with Gasteiger partial charge in [-0.1, -0.05) is 72.3 Å². The normalized spacial score (nSPS) is 13.3. The molecule has 1 unspecified atom stereocenters. The van der Waals surface area contributed by atoms with Crippen LogP contribution < -0.4 is 15.1 Å². The zero-order valence-electron chi connectivity index (χ0n) is 14.0. The maximum atomic E-state index is 6.96. The van der Waals surface area contributed by atoms with Crippen LogP contribution in [0.4, 0.5) is 0 Å². The van der Waals surface area contributed by atoms with Crippen molar-refractivity contribution in [3.05, 3.63) is 90.0 Å². The standard InChI is InChI=1S/C21H21ClOSi/c1-17-8-12-20(13-9-17)24(2,22)21-14-10-19(11-15-21)23-16-18-6-4-3-5-7-18/h3-15H,16H2,1-2H3. The Bertz CT molecular complexity index is 780. The van der Waals surface area contributed by atoms with Crippen LogP contribution >= 0.6 is 11.1 Å². The first-order valence-electron chi connectivity index (χ1n) is 8.09. The molecule has 24 heavy (non-hydrogen) atoms. The first-order chi connectivity index (χ1) is 11.6. The monoisotopic (exact) mass is 352 g/mol. The molecule has 3 aromatic carbocycles. The SMILES string of the molecule is Cc1ccc([Si](C)(Cl)c2ccc(OCc3ccccc3)cc2)cc1. The van der Waals surface area contributed by atoms with Gasteiger partial charge in [-0.15, -0.1) is 0 Å². The van der Waals surface area contributed by atoms with Crippen molar-refractivity contribution < 1.29 is 4.74 Å². The van der Waals surface area contributed by atoms with E-state index in [-0.39, 0.29) is 0 Å². The molecule has 0 spiro atoms. The molecule has 1 atom stereocenters. The number of rotatable bonds is 5. The van der Waals surface area contributed by atoms with Crippen LogP contribution in [0.2, 0.25) is 6.55 Å². The summed E-state index contributed by atoms with van der Waals surface area (Å²) in [4.78, 5) is 0. The van der Waals surface area contributed by atoms with E-state index in [1.165, 1.54) is 15.9 Å². The first-order valence-corrected chi connectivity index (χ1v) is 11.6. The molecule has 0 aliphatic rings. The van der Waals surface area contributed by atoms with Crippen molar-refractivity contribution in [3.63, 3.8) is 0 Å². The number of hydrogen-bond donors (Lipinski definition) is 0. The zero-order valence-corrected chi connectivity index (χ0v) is 15.8. The summed E-state index contributed by atoms with van der Waals surface area (Å²) >= 11 is 6.96. The molecule has 0 amide bonds.